The Hall–Kier alpha value is -1.10. The molecule has 0 bridgehead atoms. The Morgan fingerprint density at radius 1 is 1.36 bits per heavy atom. The highest BCUT2D eigenvalue weighted by Crippen LogP contribution is 2.25. The number of piperidine rings is 1. The first-order chi connectivity index (χ1) is 6.43. The smallest absolute Gasteiger partial charge is 0.306 e. The molecular formula is C9H15NO4. The molecule has 1 amide bonds. The number of amides is 1. The highest BCUT2D eigenvalue weighted by molar-refractivity contribution is 5.73. The van der Waals surface area contributed by atoms with Crippen LogP contribution in [0.4, 0.5) is 0 Å². The van der Waals surface area contributed by atoms with Crippen molar-refractivity contribution in [1.82, 2.24) is 4.90 Å². The molecule has 5 nitrogen and oxygen atoms in total. The van der Waals surface area contributed by atoms with Crippen LogP contribution < -0.4 is 0 Å². The predicted octanol–water partition coefficient (Wildman–Crippen LogP) is -0.166. The van der Waals surface area contributed by atoms with Crippen LogP contribution in [-0.2, 0) is 9.59 Å². The Balaban J connectivity index is 2.48. The molecule has 0 aromatic carbocycles. The number of hydrogen-bond acceptors (Lipinski definition) is 3. The van der Waals surface area contributed by atoms with Gasteiger partial charge in [-0.3, -0.25) is 9.59 Å². The first kappa shape index (κ1) is 11.0. The second kappa shape index (κ2) is 3.96. The standard InChI is InChI=1S/C9H15NO4/c1-7(11)10-4-2-9(14,3-5-10)6-8(12)13/h14H,2-6H2,1H3,(H,12,13). The van der Waals surface area contributed by atoms with E-state index in [9.17, 15) is 14.7 Å². The molecule has 0 aromatic heterocycles. The molecule has 0 atom stereocenters. The van der Waals surface area contributed by atoms with E-state index in [1.165, 1.54) is 6.92 Å². The van der Waals surface area contributed by atoms with Crippen molar-refractivity contribution in [2.75, 3.05) is 13.1 Å². The summed E-state index contributed by atoms with van der Waals surface area (Å²) < 4.78 is 0. The lowest BCUT2D eigenvalue weighted by atomic mass is 9.88. The maximum absolute atomic E-state index is 11.0. The maximum atomic E-state index is 11.0. The van der Waals surface area contributed by atoms with Crippen LogP contribution in [0.2, 0.25) is 0 Å². The third kappa shape index (κ3) is 2.70. The van der Waals surface area contributed by atoms with Gasteiger partial charge in [-0.25, -0.2) is 0 Å². The molecule has 0 spiro atoms. The molecule has 1 saturated heterocycles. The van der Waals surface area contributed by atoms with E-state index in [2.05, 4.69) is 0 Å². The number of likely N-dealkylation sites (tertiary alicyclic amines) is 1. The summed E-state index contributed by atoms with van der Waals surface area (Å²) in [6.07, 6.45) is 0.455. The second-order valence-electron chi connectivity index (χ2n) is 3.80. The summed E-state index contributed by atoms with van der Waals surface area (Å²) in [6.45, 7) is 2.36. The SMILES string of the molecule is CC(=O)N1CCC(O)(CC(=O)O)CC1. The number of hydrogen-bond donors (Lipinski definition) is 2. The van der Waals surface area contributed by atoms with Crippen LogP contribution in [0.5, 0.6) is 0 Å². The molecule has 80 valence electrons. The molecule has 0 radical (unpaired) electrons. The zero-order chi connectivity index (χ0) is 10.8. The van der Waals surface area contributed by atoms with Gasteiger partial charge >= 0.3 is 5.97 Å². The van der Waals surface area contributed by atoms with E-state index in [4.69, 9.17) is 5.11 Å². The summed E-state index contributed by atoms with van der Waals surface area (Å²) in [4.78, 5) is 23.0. The molecule has 0 saturated carbocycles. The van der Waals surface area contributed by atoms with Crippen LogP contribution in [0, 0.1) is 0 Å². The lowest BCUT2D eigenvalue weighted by molar-refractivity contribution is -0.145. The predicted molar refractivity (Wildman–Crippen MR) is 48.7 cm³/mol. The van der Waals surface area contributed by atoms with Crippen molar-refractivity contribution < 1.29 is 19.8 Å². The van der Waals surface area contributed by atoms with Crippen molar-refractivity contribution in [2.45, 2.75) is 31.8 Å². The molecule has 5 heteroatoms. The van der Waals surface area contributed by atoms with Crippen molar-refractivity contribution in [3.63, 3.8) is 0 Å². The van der Waals surface area contributed by atoms with E-state index < -0.39 is 11.6 Å². The fourth-order valence-corrected chi connectivity index (χ4v) is 1.70. The highest BCUT2D eigenvalue weighted by Gasteiger charge is 2.34. The molecule has 0 unspecified atom stereocenters. The van der Waals surface area contributed by atoms with Crippen molar-refractivity contribution >= 4 is 11.9 Å². The van der Waals surface area contributed by atoms with Gasteiger partial charge in [0.05, 0.1) is 12.0 Å². The van der Waals surface area contributed by atoms with Gasteiger partial charge in [-0.2, -0.15) is 0 Å². The molecule has 1 fully saturated rings. The van der Waals surface area contributed by atoms with E-state index in [-0.39, 0.29) is 12.3 Å². The zero-order valence-corrected chi connectivity index (χ0v) is 8.19. The number of rotatable bonds is 2. The van der Waals surface area contributed by atoms with E-state index in [0.29, 0.717) is 25.9 Å². The molecule has 0 aliphatic carbocycles. The molecule has 2 N–H and O–H groups in total. The summed E-state index contributed by atoms with van der Waals surface area (Å²) in [5, 5.41) is 18.4. The van der Waals surface area contributed by atoms with Gasteiger partial charge in [0.15, 0.2) is 0 Å². The van der Waals surface area contributed by atoms with Crippen molar-refractivity contribution in [3.05, 3.63) is 0 Å². The lowest BCUT2D eigenvalue weighted by Crippen LogP contribution is -2.46. The maximum Gasteiger partial charge on any atom is 0.306 e. The normalized spacial score (nSPS) is 20.6. The Morgan fingerprint density at radius 2 is 1.86 bits per heavy atom. The van der Waals surface area contributed by atoms with E-state index >= 15 is 0 Å². The molecular weight excluding hydrogens is 186 g/mol. The number of aliphatic carboxylic acids is 1. The van der Waals surface area contributed by atoms with Gasteiger partial charge in [0.25, 0.3) is 0 Å². The number of carbonyl (C=O) groups excluding carboxylic acids is 1. The van der Waals surface area contributed by atoms with Gasteiger partial charge in [0.1, 0.15) is 0 Å². The monoisotopic (exact) mass is 201 g/mol. The molecule has 1 aliphatic heterocycles. The summed E-state index contributed by atoms with van der Waals surface area (Å²) in [5.74, 6) is -1.02. The Labute approximate surface area is 82.3 Å². The minimum atomic E-state index is -1.13. The minimum absolute atomic E-state index is 0.0256. The van der Waals surface area contributed by atoms with Gasteiger partial charge < -0.3 is 15.1 Å². The number of carboxylic acid groups (broad SMARTS) is 1. The van der Waals surface area contributed by atoms with Crippen molar-refractivity contribution in [3.8, 4) is 0 Å². The fourth-order valence-electron chi connectivity index (χ4n) is 1.70. The number of carbonyl (C=O) groups is 2. The van der Waals surface area contributed by atoms with E-state index in [1.807, 2.05) is 0 Å². The minimum Gasteiger partial charge on any atom is -0.481 e. The summed E-state index contributed by atoms with van der Waals surface area (Å²) in [7, 11) is 0. The number of aliphatic hydroxyl groups is 1. The number of carboxylic acids is 1. The van der Waals surface area contributed by atoms with Gasteiger partial charge in [0.2, 0.25) is 5.91 Å². The average Bonchev–Trinajstić information content (AvgIpc) is 2.02. The average molecular weight is 201 g/mol. The van der Waals surface area contributed by atoms with Crippen LogP contribution in [-0.4, -0.2) is 45.7 Å². The second-order valence-corrected chi connectivity index (χ2v) is 3.80. The first-order valence-electron chi connectivity index (χ1n) is 4.63. The number of nitrogens with zero attached hydrogens (tertiary/aromatic N) is 1. The lowest BCUT2D eigenvalue weighted by Gasteiger charge is -2.36. The van der Waals surface area contributed by atoms with Gasteiger partial charge in [-0.15, -0.1) is 0 Å². The molecule has 0 aromatic rings. The van der Waals surface area contributed by atoms with E-state index in [0.717, 1.165) is 0 Å². The van der Waals surface area contributed by atoms with Gasteiger partial charge in [-0.1, -0.05) is 0 Å². The quantitative estimate of drug-likeness (QED) is 0.650. The van der Waals surface area contributed by atoms with Crippen LogP contribution >= 0.6 is 0 Å². The molecule has 1 rings (SSSR count). The molecule has 1 heterocycles. The third-order valence-corrected chi connectivity index (χ3v) is 2.62. The molecule has 14 heavy (non-hydrogen) atoms. The van der Waals surface area contributed by atoms with Crippen molar-refractivity contribution in [1.29, 1.82) is 0 Å². The topological polar surface area (TPSA) is 77.8 Å². The van der Waals surface area contributed by atoms with Crippen LogP contribution in [0.1, 0.15) is 26.2 Å². The Kier molecular flexibility index (Phi) is 3.10. The first-order valence-corrected chi connectivity index (χ1v) is 4.63. The Bertz CT molecular complexity index is 243. The summed E-state index contributed by atoms with van der Waals surface area (Å²) in [6, 6.07) is 0. The van der Waals surface area contributed by atoms with Crippen LogP contribution in [0.3, 0.4) is 0 Å². The van der Waals surface area contributed by atoms with Crippen LogP contribution in [0.15, 0.2) is 0 Å². The fraction of sp³-hybridized carbons (Fsp3) is 0.778. The summed E-state index contributed by atoms with van der Waals surface area (Å²) in [5.41, 5.74) is -1.13. The van der Waals surface area contributed by atoms with Gasteiger partial charge in [-0.05, 0) is 12.8 Å². The molecule has 1 aliphatic rings. The summed E-state index contributed by atoms with van der Waals surface area (Å²) >= 11 is 0. The Morgan fingerprint density at radius 3 is 2.21 bits per heavy atom. The van der Waals surface area contributed by atoms with E-state index in [1.54, 1.807) is 4.90 Å². The van der Waals surface area contributed by atoms with Crippen LogP contribution in [0.25, 0.3) is 0 Å². The zero-order valence-electron chi connectivity index (χ0n) is 8.19. The highest BCUT2D eigenvalue weighted by atomic mass is 16.4. The van der Waals surface area contributed by atoms with Gasteiger partial charge in [0, 0.05) is 20.0 Å². The third-order valence-electron chi connectivity index (χ3n) is 2.62. The largest absolute Gasteiger partial charge is 0.481 e. The van der Waals surface area contributed by atoms with Crippen molar-refractivity contribution in [2.24, 2.45) is 0 Å².